The molecule has 0 radical (unpaired) electrons. The SMILES string of the molecule is Cc1ccc2c(-c3cc(C4CCCCC4)cc(C4CCCCC4)c3C)[n+](C)ccc2c1. The molecular formula is C30H38N+. The van der Waals surface area contributed by atoms with Crippen LogP contribution in [0.3, 0.4) is 0 Å². The largest absolute Gasteiger partial charge is 0.220 e. The molecule has 2 aromatic carbocycles. The Morgan fingerprint density at radius 3 is 2.13 bits per heavy atom. The van der Waals surface area contributed by atoms with E-state index < -0.39 is 0 Å². The van der Waals surface area contributed by atoms with Gasteiger partial charge in [0, 0.05) is 6.07 Å². The summed E-state index contributed by atoms with van der Waals surface area (Å²) < 4.78 is 2.36. The maximum Gasteiger partial charge on any atom is 0.220 e. The molecule has 0 N–H and O–H groups in total. The van der Waals surface area contributed by atoms with E-state index in [1.54, 1.807) is 11.1 Å². The van der Waals surface area contributed by atoms with Crippen molar-refractivity contribution >= 4 is 10.8 Å². The normalized spacial score (nSPS) is 18.5. The maximum absolute atomic E-state index is 2.64. The Labute approximate surface area is 188 Å². The van der Waals surface area contributed by atoms with Crippen molar-refractivity contribution in [1.29, 1.82) is 0 Å². The van der Waals surface area contributed by atoms with E-state index in [-0.39, 0.29) is 0 Å². The Kier molecular flexibility index (Phi) is 5.87. The first-order valence-corrected chi connectivity index (χ1v) is 12.7. The molecule has 2 saturated carbocycles. The van der Waals surface area contributed by atoms with Gasteiger partial charge in [-0.15, -0.1) is 0 Å². The third-order valence-corrected chi connectivity index (χ3v) is 8.14. The molecule has 0 bridgehead atoms. The first-order valence-electron chi connectivity index (χ1n) is 12.7. The molecule has 0 spiro atoms. The molecule has 0 unspecified atom stereocenters. The van der Waals surface area contributed by atoms with Crippen LogP contribution < -0.4 is 4.57 Å². The van der Waals surface area contributed by atoms with Crippen LogP contribution in [-0.4, -0.2) is 0 Å². The van der Waals surface area contributed by atoms with Crippen LogP contribution in [0.1, 0.15) is 98.3 Å². The van der Waals surface area contributed by atoms with E-state index in [9.17, 15) is 0 Å². The van der Waals surface area contributed by atoms with Gasteiger partial charge >= 0.3 is 0 Å². The highest BCUT2D eigenvalue weighted by Crippen LogP contribution is 2.42. The first kappa shape index (κ1) is 20.7. The smallest absolute Gasteiger partial charge is 0.200 e. The van der Waals surface area contributed by atoms with Crippen LogP contribution in [0.4, 0.5) is 0 Å². The van der Waals surface area contributed by atoms with Crippen molar-refractivity contribution in [2.75, 3.05) is 0 Å². The lowest BCUT2D eigenvalue weighted by Gasteiger charge is -2.28. The third kappa shape index (κ3) is 4.04. The van der Waals surface area contributed by atoms with Gasteiger partial charge in [-0.05, 0) is 85.6 Å². The maximum atomic E-state index is 2.64. The summed E-state index contributed by atoms with van der Waals surface area (Å²) in [6.07, 6.45) is 16.2. The summed E-state index contributed by atoms with van der Waals surface area (Å²) in [5.74, 6) is 1.50. The molecule has 1 heterocycles. The van der Waals surface area contributed by atoms with Crippen LogP contribution >= 0.6 is 0 Å². The van der Waals surface area contributed by atoms with Gasteiger partial charge in [-0.2, -0.15) is 0 Å². The molecule has 1 aromatic heterocycles. The van der Waals surface area contributed by atoms with Gasteiger partial charge in [-0.3, -0.25) is 0 Å². The number of fused-ring (bicyclic) bond motifs is 1. The number of rotatable bonds is 3. The van der Waals surface area contributed by atoms with E-state index in [0.717, 1.165) is 11.8 Å². The number of benzene rings is 2. The van der Waals surface area contributed by atoms with Crippen molar-refractivity contribution in [2.24, 2.45) is 7.05 Å². The van der Waals surface area contributed by atoms with Crippen LogP contribution in [0.2, 0.25) is 0 Å². The number of nitrogens with zero attached hydrogens (tertiary/aromatic N) is 1. The molecule has 0 aliphatic heterocycles. The minimum absolute atomic E-state index is 0.748. The lowest BCUT2D eigenvalue weighted by molar-refractivity contribution is -0.659. The third-order valence-electron chi connectivity index (χ3n) is 8.14. The molecule has 0 amide bonds. The predicted molar refractivity (Wildman–Crippen MR) is 132 cm³/mol. The zero-order chi connectivity index (χ0) is 21.4. The topological polar surface area (TPSA) is 3.88 Å². The summed E-state index contributed by atoms with van der Waals surface area (Å²) in [7, 11) is 2.22. The fraction of sp³-hybridized carbons (Fsp3) is 0.500. The van der Waals surface area contributed by atoms with Crippen LogP contribution in [0.25, 0.3) is 22.0 Å². The zero-order valence-electron chi connectivity index (χ0n) is 19.7. The molecule has 2 aliphatic carbocycles. The van der Waals surface area contributed by atoms with Crippen LogP contribution in [0.15, 0.2) is 42.6 Å². The molecule has 2 aliphatic rings. The van der Waals surface area contributed by atoms with Gasteiger partial charge in [0.15, 0.2) is 6.20 Å². The second kappa shape index (κ2) is 8.77. The molecule has 3 aromatic rings. The van der Waals surface area contributed by atoms with Gasteiger partial charge in [0.1, 0.15) is 7.05 Å². The molecule has 31 heavy (non-hydrogen) atoms. The van der Waals surface area contributed by atoms with E-state index in [4.69, 9.17) is 0 Å². The number of hydrogen-bond acceptors (Lipinski definition) is 0. The van der Waals surface area contributed by atoms with Crippen molar-refractivity contribution in [2.45, 2.75) is 89.9 Å². The molecule has 1 heteroatoms. The fourth-order valence-electron chi connectivity index (χ4n) is 6.34. The molecule has 1 nitrogen and oxygen atoms in total. The van der Waals surface area contributed by atoms with Crippen molar-refractivity contribution in [3.63, 3.8) is 0 Å². The highest BCUT2D eigenvalue weighted by Gasteiger charge is 2.26. The van der Waals surface area contributed by atoms with Gasteiger partial charge in [-0.25, -0.2) is 4.57 Å². The number of pyridine rings is 1. The summed E-state index contributed by atoms with van der Waals surface area (Å²) >= 11 is 0. The van der Waals surface area contributed by atoms with Crippen molar-refractivity contribution < 1.29 is 4.57 Å². The van der Waals surface area contributed by atoms with Gasteiger partial charge in [0.25, 0.3) is 0 Å². The van der Waals surface area contributed by atoms with E-state index in [1.165, 1.54) is 97.4 Å². The van der Waals surface area contributed by atoms with Gasteiger partial charge < -0.3 is 0 Å². The van der Waals surface area contributed by atoms with Gasteiger partial charge in [-0.1, -0.05) is 62.3 Å². The number of hydrogen-bond donors (Lipinski definition) is 0. The molecule has 0 atom stereocenters. The monoisotopic (exact) mass is 412 g/mol. The lowest BCUT2D eigenvalue weighted by Crippen LogP contribution is -2.31. The lowest BCUT2D eigenvalue weighted by atomic mass is 9.76. The molecule has 2 fully saturated rings. The Hall–Kier alpha value is -2.15. The van der Waals surface area contributed by atoms with E-state index >= 15 is 0 Å². The molecule has 162 valence electrons. The average Bonchev–Trinajstić information content (AvgIpc) is 2.81. The standard InChI is InChI=1S/C30H38N/c1-21-14-15-27-25(18-21)16-17-31(3)30(27)29-20-26(23-10-6-4-7-11-23)19-28(22(29)2)24-12-8-5-9-13-24/h14-20,23-24H,4-13H2,1-3H3/q+1. The highest BCUT2D eigenvalue weighted by molar-refractivity contribution is 5.94. The molecule has 0 saturated heterocycles. The minimum atomic E-state index is 0.748. The Bertz CT molecular complexity index is 1080. The zero-order valence-corrected chi connectivity index (χ0v) is 19.7. The quantitative estimate of drug-likeness (QED) is 0.383. The highest BCUT2D eigenvalue weighted by atomic mass is 14.9. The fourth-order valence-corrected chi connectivity index (χ4v) is 6.34. The molecule has 5 rings (SSSR count). The second-order valence-electron chi connectivity index (χ2n) is 10.3. The Morgan fingerprint density at radius 1 is 0.742 bits per heavy atom. The predicted octanol–water partition coefficient (Wildman–Crippen LogP) is 8.04. The molecular weight excluding hydrogens is 374 g/mol. The van der Waals surface area contributed by atoms with Crippen LogP contribution in [-0.2, 0) is 7.05 Å². The van der Waals surface area contributed by atoms with E-state index in [0.29, 0.717) is 0 Å². The summed E-state index contributed by atoms with van der Waals surface area (Å²) in [6, 6.07) is 14.4. The number of aromatic nitrogens is 1. The Morgan fingerprint density at radius 2 is 1.42 bits per heavy atom. The van der Waals surface area contributed by atoms with Crippen LogP contribution in [0.5, 0.6) is 0 Å². The minimum Gasteiger partial charge on any atom is -0.200 e. The summed E-state index contributed by atoms with van der Waals surface area (Å²) in [6.45, 7) is 4.60. The van der Waals surface area contributed by atoms with Crippen molar-refractivity contribution in [3.8, 4) is 11.3 Å². The van der Waals surface area contributed by atoms with Crippen molar-refractivity contribution in [3.05, 3.63) is 64.8 Å². The van der Waals surface area contributed by atoms with Crippen LogP contribution in [0, 0.1) is 13.8 Å². The van der Waals surface area contributed by atoms with E-state index in [2.05, 4.69) is 68.1 Å². The summed E-state index contributed by atoms with van der Waals surface area (Å²) in [5.41, 5.74) is 9.00. The van der Waals surface area contributed by atoms with Gasteiger partial charge in [0.2, 0.25) is 5.69 Å². The summed E-state index contributed by atoms with van der Waals surface area (Å²) in [5, 5.41) is 2.74. The second-order valence-corrected chi connectivity index (χ2v) is 10.3. The average molecular weight is 413 g/mol. The van der Waals surface area contributed by atoms with Crippen molar-refractivity contribution in [1.82, 2.24) is 0 Å². The van der Waals surface area contributed by atoms with E-state index in [1.807, 2.05) is 0 Å². The number of aryl methyl sites for hydroxylation is 2. The Balaban J connectivity index is 1.72. The van der Waals surface area contributed by atoms with Gasteiger partial charge in [0.05, 0.1) is 10.9 Å². The first-order chi connectivity index (χ1) is 15.1. The summed E-state index contributed by atoms with van der Waals surface area (Å²) in [4.78, 5) is 0.